The lowest BCUT2D eigenvalue weighted by molar-refractivity contribution is -0.133. The summed E-state index contributed by atoms with van der Waals surface area (Å²) < 4.78 is 0. The highest BCUT2D eigenvalue weighted by Crippen LogP contribution is 2.26. The molecule has 0 heterocycles. The molecule has 1 atom stereocenters. The molecule has 0 aliphatic carbocycles. The molecular formula is C40H62O4. The molecule has 1 unspecified atom stereocenters. The van der Waals surface area contributed by atoms with Gasteiger partial charge in [-0.25, -0.2) is 9.59 Å². The van der Waals surface area contributed by atoms with Crippen LogP contribution in [0.2, 0.25) is 0 Å². The molecule has 0 spiro atoms. The normalized spacial score (nSPS) is 13.8. The van der Waals surface area contributed by atoms with Crippen LogP contribution in [0.4, 0.5) is 0 Å². The minimum absolute atomic E-state index is 0.0283. The van der Waals surface area contributed by atoms with Crippen molar-refractivity contribution in [2.45, 2.75) is 136 Å². The smallest absolute Gasteiger partial charge is 0.331 e. The molecule has 0 aromatic heterocycles. The van der Waals surface area contributed by atoms with Crippen LogP contribution in [0.3, 0.4) is 0 Å². The van der Waals surface area contributed by atoms with Gasteiger partial charge in [-0.2, -0.15) is 0 Å². The van der Waals surface area contributed by atoms with E-state index in [1.54, 1.807) is 18.2 Å². The third-order valence-electron chi connectivity index (χ3n) is 7.53. The van der Waals surface area contributed by atoms with E-state index >= 15 is 0 Å². The van der Waals surface area contributed by atoms with E-state index in [2.05, 4.69) is 26.0 Å². The van der Waals surface area contributed by atoms with E-state index in [-0.39, 0.29) is 5.92 Å². The number of hydrogen-bond acceptors (Lipinski definition) is 2. The molecule has 0 radical (unpaired) electrons. The highest BCUT2D eigenvalue weighted by Gasteiger charge is 2.19. The second-order valence-electron chi connectivity index (χ2n) is 11.5. The van der Waals surface area contributed by atoms with Crippen LogP contribution in [0.15, 0.2) is 96.7 Å². The largest absolute Gasteiger partial charge is 0.478 e. The van der Waals surface area contributed by atoms with Gasteiger partial charge in [-0.1, -0.05) is 182 Å². The maximum Gasteiger partial charge on any atom is 0.331 e. The van der Waals surface area contributed by atoms with Gasteiger partial charge in [0.25, 0.3) is 0 Å². The van der Waals surface area contributed by atoms with Crippen LogP contribution in [-0.2, 0) is 9.59 Å². The van der Waals surface area contributed by atoms with Crippen LogP contribution in [0, 0.1) is 5.92 Å². The number of unbranched alkanes of at least 4 members (excludes halogenated alkanes) is 14. The molecule has 246 valence electrons. The Balaban J connectivity index is 4.85. The Hall–Kier alpha value is -3.14. The molecule has 0 fully saturated rings. The van der Waals surface area contributed by atoms with Crippen molar-refractivity contribution in [3.05, 3.63) is 96.7 Å². The molecule has 0 bridgehead atoms. The number of carbonyl (C=O) groups is 2. The number of carboxylic acids is 2. The molecule has 0 aliphatic rings. The number of rotatable bonds is 29. The second kappa shape index (κ2) is 32.8. The number of allylic oxidation sites excluding steroid dienone is 14. The summed E-state index contributed by atoms with van der Waals surface area (Å²) in [6, 6.07) is 0. The zero-order chi connectivity index (χ0) is 32.4. The van der Waals surface area contributed by atoms with Gasteiger partial charge in [0.2, 0.25) is 0 Å². The Morgan fingerprint density at radius 3 is 1.48 bits per heavy atom. The van der Waals surface area contributed by atoms with Crippen LogP contribution < -0.4 is 0 Å². The van der Waals surface area contributed by atoms with Gasteiger partial charge in [-0.3, -0.25) is 0 Å². The van der Waals surface area contributed by atoms with E-state index in [1.165, 1.54) is 83.1 Å². The molecule has 4 nitrogen and oxygen atoms in total. The van der Waals surface area contributed by atoms with E-state index in [9.17, 15) is 14.7 Å². The summed E-state index contributed by atoms with van der Waals surface area (Å²) in [4.78, 5) is 22.7. The van der Waals surface area contributed by atoms with Gasteiger partial charge >= 0.3 is 11.9 Å². The van der Waals surface area contributed by atoms with Crippen molar-refractivity contribution in [1.29, 1.82) is 0 Å². The van der Waals surface area contributed by atoms with Crippen molar-refractivity contribution < 1.29 is 19.8 Å². The Morgan fingerprint density at radius 1 is 0.500 bits per heavy atom. The summed E-state index contributed by atoms with van der Waals surface area (Å²) in [5, 5.41) is 18.6. The molecule has 2 N–H and O–H groups in total. The predicted molar refractivity (Wildman–Crippen MR) is 190 cm³/mol. The van der Waals surface area contributed by atoms with Crippen molar-refractivity contribution in [2.24, 2.45) is 5.92 Å². The van der Waals surface area contributed by atoms with E-state index in [1.807, 2.05) is 48.6 Å². The van der Waals surface area contributed by atoms with Gasteiger partial charge in [0.05, 0.1) is 0 Å². The minimum Gasteiger partial charge on any atom is -0.478 e. The van der Waals surface area contributed by atoms with E-state index in [0.29, 0.717) is 5.57 Å². The fraction of sp³-hybridized carbons (Fsp3) is 0.550. The Morgan fingerprint density at radius 2 is 0.932 bits per heavy atom. The molecule has 0 aliphatic heterocycles. The first-order valence-electron chi connectivity index (χ1n) is 17.4. The second-order valence-corrected chi connectivity index (χ2v) is 11.5. The molecule has 0 aromatic rings. The van der Waals surface area contributed by atoms with Crippen molar-refractivity contribution in [1.82, 2.24) is 0 Å². The van der Waals surface area contributed by atoms with Gasteiger partial charge in [0.15, 0.2) is 0 Å². The van der Waals surface area contributed by atoms with Crippen LogP contribution in [-0.4, -0.2) is 22.2 Å². The van der Waals surface area contributed by atoms with Crippen molar-refractivity contribution in [3.63, 3.8) is 0 Å². The molecule has 0 saturated carbocycles. The van der Waals surface area contributed by atoms with Gasteiger partial charge in [-0.05, 0) is 44.4 Å². The van der Waals surface area contributed by atoms with Gasteiger partial charge < -0.3 is 10.2 Å². The molecule has 44 heavy (non-hydrogen) atoms. The minimum atomic E-state index is -0.965. The van der Waals surface area contributed by atoms with E-state index < -0.39 is 11.9 Å². The van der Waals surface area contributed by atoms with Gasteiger partial charge in [0, 0.05) is 11.6 Å². The van der Waals surface area contributed by atoms with Crippen LogP contribution >= 0.6 is 0 Å². The Kier molecular flexibility index (Phi) is 30.4. The highest BCUT2D eigenvalue weighted by atomic mass is 16.4. The van der Waals surface area contributed by atoms with Crippen LogP contribution in [0.1, 0.15) is 136 Å². The quantitative estimate of drug-likeness (QED) is 0.0504. The summed E-state index contributed by atoms with van der Waals surface area (Å²) in [6.45, 7) is 4.48. The first-order chi connectivity index (χ1) is 21.5. The van der Waals surface area contributed by atoms with E-state index in [4.69, 9.17) is 5.11 Å². The summed E-state index contributed by atoms with van der Waals surface area (Å²) in [5.74, 6) is -1.77. The number of hydrogen-bond donors (Lipinski definition) is 2. The maximum absolute atomic E-state index is 12.2. The monoisotopic (exact) mass is 606 g/mol. The van der Waals surface area contributed by atoms with Crippen LogP contribution in [0.5, 0.6) is 0 Å². The molecule has 4 heteroatoms. The zero-order valence-corrected chi connectivity index (χ0v) is 27.9. The predicted octanol–water partition coefficient (Wildman–Crippen LogP) is 12.0. The van der Waals surface area contributed by atoms with Crippen LogP contribution in [0.25, 0.3) is 0 Å². The lowest BCUT2D eigenvalue weighted by Gasteiger charge is -2.17. The number of carboxylic acid groups (broad SMARTS) is 2. The Labute approximate surface area is 269 Å². The summed E-state index contributed by atoms with van der Waals surface area (Å²) >= 11 is 0. The average molecular weight is 607 g/mol. The standard InChI is InChI=1S/C40H62O4/c1-3-5-7-9-11-12-13-14-15-16-17-18-19-23-27-31-35-38(40(43)44)37(33-29-25-21-10-8-6-4-2)34-30-26-22-20-24-28-32-36-39(41)42/h15-20,22-24,27-28,31-32,35-37H,3-14,21,25-26,29-30,33-34H2,1-2H3,(H,41,42)(H,43,44)/b16-15-,18-17?,22-20?,23-19?,28-24?,31-27?,36-32?,38-35?. The average Bonchev–Trinajstić information content (AvgIpc) is 3.00. The van der Waals surface area contributed by atoms with Crippen molar-refractivity contribution in [2.75, 3.05) is 0 Å². The molecular weight excluding hydrogens is 544 g/mol. The highest BCUT2D eigenvalue weighted by molar-refractivity contribution is 5.87. The van der Waals surface area contributed by atoms with Gasteiger partial charge in [0.1, 0.15) is 0 Å². The molecule has 0 amide bonds. The molecule has 0 saturated heterocycles. The van der Waals surface area contributed by atoms with Crippen molar-refractivity contribution >= 4 is 11.9 Å². The Bertz CT molecular complexity index is 942. The lowest BCUT2D eigenvalue weighted by atomic mass is 9.87. The van der Waals surface area contributed by atoms with Gasteiger partial charge in [-0.15, -0.1) is 0 Å². The molecule has 0 aromatic carbocycles. The first-order valence-corrected chi connectivity index (χ1v) is 17.4. The third-order valence-corrected chi connectivity index (χ3v) is 7.53. The number of aliphatic carboxylic acids is 2. The first kappa shape index (κ1) is 40.9. The topological polar surface area (TPSA) is 74.6 Å². The van der Waals surface area contributed by atoms with Crippen molar-refractivity contribution in [3.8, 4) is 0 Å². The zero-order valence-electron chi connectivity index (χ0n) is 27.9. The summed E-state index contributed by atoms with van der Waals surface area (Å²) in [6.07, 6.45) is 50.3. The lowest BCUT2D eigenvalue weighted by Crippen LogP contribution is -2.13. The fourth-order valence-corrected chi connectivity index (χ4v) is 4.98. The van der Waals surface area contributed by atoms with E-state index in [0.717, 1.165) is 51.0 Å². The molecule has 0 rings (SSSR count). The third kappa shape index (κ3) is 29.0. The SMILES string of the molecule is CCCCCCCCC/C=C\C=CC=CC=CC=C(C(=O)O)C(CCCC=CC=CC=CC(=O)O)CCCCCCCCC. The maximum atomic E-state index is 12.2. The summed E-state index contributed by atoms with van der Waals surface area (Å²) in [5.41, 5.74) is 0.493. The summed E-state index contributed by atoms with van der Waals surface area (Å²) in [7, 11) is 0. The fourth-order valence-electron chi connectivity index (χ4n) is 4.98.